The molecule has 7 heteroatoms. The van der Waals surface area contributed by atoms with E-state index in [4.69, 9.17) is 0 Å². The number of rotatable bonds is 7. The summed E-state index contributed by atoms with van der Waals surface area (Å²) in [5.74, 6) is -0.972. The van der Waals surface area contributed by atoms with Crippen LogP contribution < -0.4 is 10.2 Å². The number of allylic oxidation sites excluding steroid dienone is 1. The van der Waals surface area contributed by atoms with E-state index in [-0.39, 0.29) is 35.5 Å². The lowest BCUT2D eigenvalue weighted by atomic mass is 9.91. The molecule has 1 aromatic rings. The molecule has 0 bridgehead atoms. The number of hydrogen-bond acceptors (Lipinski definition) is 4. The molecule has 1 heterocycles. The van der Waals surface area contributed by atoms with Gasteiger partial charge in [0.2, 0.25) is 17.7 Å². The second kappa shape index (κ2) is 10.3. The zero-order valence-corrected chi connectivity index (χ0v) is 20.1. The fraction of sp³-hybridized carbons (Fsp3) is 0.538. The molecular weight excluding hydrogens is 418 g/mol. The van der Waals surface area contributed by atoms with Gasteiger partial charge in [-0.3, -0.25) is 19.2 Å². The average molecular weight is 454 g/mol. The molecule has 0 radical (unpaired) electrons. The highest BCUT2D eigenvalue weighted by Crippen LogP contribution is 2.30. The summed E-state index contributed by atoms with van der Waals surface area (Å²) in [6, 6.07) is 5.80. The highest BCUT2D eigenvalue weighted by atomic mass is 16.2. The van der Waals surface area contributed by atoms with E-state index in [1.807, 2.05) is 20.8 Å². The molecule has 4 amide bonds. The van der Waals surface area contributed by atoms with Crippen molar-refractivity contribution in [3.05, 3.63) is 35.9 Å². The molecule has 3 rings (SSSR count). The van der Waals surface area contributed by atoms with Crippen molar-refractivity contribution in [1.82, 2.24) is 4.90 Å². The normalized spacial score (nSPS) is 18.8. The summed E-state index contributed by atoms with van der Waals surface area (Å²) in [6.45, 7) is 7.85. The van der Waals surface area contributed by atoms with Crippen LogP contribution in [0.5, 0.6) is 0 Å². The molecule has 2 aliphatic rings. The molecule has 0 saturated carbocycles. The van der Waals surface area contributed by atoms with Crippen LogP contribution >= 0.6 is 0 Å². The van der Waals surface area contributed by atoms with Gasteiger partial charge in [-0.25, -0.2) is 4.90 Å². The topological polar surface area (TPSA) is 86.8 Å². The quantitative estimate of drug-likeness (QED) is 0.489. The van der Waals surface area contributed by atoms with Crippen LogP contribution in [0.4, 0.5) is 11.4 Å². The van der Waals surface area contributed by atoms with E-state index >= 15 is 0 Å². The van der Waals surface area contributed by atoms with E-state index in [9.17, 15) is 19.2 Å². The van der Waals surface area contributed by atoms with Crippen LogP contribution in [0.3, 0.4) is 0 Å². The number of benzene rings is 1. The monoisotopic (exact) mass is 453 g/mol. The lowest BCUT2D eigenvalue weighted by Crippen LogP contribution is -2.47. The van der Waals surface area contributed by atoms with E-state index in [0.29, 0.717) is 24.3 Å². The van der Waals surface area contributed by atoms with Crippen molar-refractivity contribution in [2.24, 2.45) is 5.41 Å². The Balaban J connectivity index is 1.80. The van der Waals surface area contributed by atoms with E-state index in [1.165, 1.54) is 23.8 Å². The van der Waals surface area contributed by atoms with Gasteiger partial charge in [-0.1, -0.05) is 32.4 Å². The minimum atomic E-state index is -0.786. The van der Waals surface area contributed by atoms with Gasteiger partial charge in [0.25, 0.3) is 5.91 Å². The molecule has 1 unspecified atom stereocenters. The second-order valence-electron chi connectivity index (χ2n) is 10.2. The van der Waals surface area contributed by atoms with Gasteiger partial charge in [-0.15, -0.1) is 0 Å². The third-order valence-corrected chi connectivity index (χ3v) is 6.01. The molecule has 33 heavy (non-hydrogen) atoms. The molecule has 1 N–H and O–H groups in total. The molecule has 7 nitrogen and oxygen atoms in total. The van der Waals surface area contributed by atoms with Crippen molar-refractivity contribution >= 4 is 35.0 Å². The molecule has 1 aromatic carbocycles. The molecule has 1 atom stereocenters. The number of imide groups is 1. The smallest absolute Gasteiger partial charge is 0.257 e. The lowest BCUT2D eigenvalue weighted by Gasteiger charge is -2.31. The molecule has 1 fully saturated rings. The number of nitrogens with zero attached hydrogens (tertiary/aromatic N) is 2. The van der Waals surface area contributed by atoms with Crippen LogP contribution in [-0.2, 0) is 19.2 Å². The number of amides is 4. The summed E-state index contributed by atoms with van der Waals surface area (Å²) in [4.78, 5) is 53.5. The Labute approximate surface area is 196 Å². The van der Waals surface area contributed by atoms with E-state index < -0.39 is 6.04 Å². The van der Waals surface area contributed by atoms with Crippen molar-refractivity contribution in [3.63, 3.8) is 0 Å². The summed E-state index contributed by atoms with van der Waals surface area (Å²) in [6.07, 6.45) is 7.74. The zero-order chi connectivity index (χ0) is 24.2. The Morgan fingerprint density at radius 1 is 1.12 bits per heavy atom. The first-order chi connectivity index (χ1) is 15.5. The minimum absolute atomic E-state index is 0.0127. The molecule has 1 saturated heterocycles. The predicted molar refractivity (Wildman–Crippen MR) is 129 cm³/mol. The van der Waals surface area contributed by atoms with Gasteiger partial charge in [0.1, 0.15) is 6.04 Å². The zero-order valence-electron chi connectivity index (χ0n) is 20.1. The Morgan fingerprint density at radius 3 is 2.39 bits per heavy atom. The van der Waals surface area contributed by atoms with Crippen LogP contribution in [0, 0.1) is 5.41 Å². The Hall–Kier alpha value is -2.96. The highest BCUT2D eigenvalue weighted by molar-refractivity contribution is 6.23. The number of hydrogen-bond donors (Lipinski definition) is 1. The van der Waals surface area contributed by atoms with Crippen molar-refractivity contribution in [2.75, 3.05) is 16.8 Å². The van der Waals surface area contributed by atoms with Crippen molar-refractivity contribution in [2.45, 2.75) is 78.7 Å². The lowest BCUT2D eigenvalue weighted by molar-refractivity contribution is -0.139. The second-order valence-corrected chi connectivity index (χ2v) is 10.2. The van der Waals surface area contributed by atoms with E-state index in [2.05, 4.69) is 11.4 Å². The predicted octanol–water partition coefficient (Wildman–Crippen LogP) is 4.43. The fourth-order valence-electron chi connectivity index (χ4n) is 4.43. The van der Waals surface area contributed by atoms with E-state index in [0.717, 1.165) is 25.7 Å². The van der Waals surface area contributed by atoms with Crippen molar-refractivity contribution in [3.8, 4) is 0 Å². The van der Waals surface area contributed by atoms with Crippen LogP contribution in [0.1, 0.15) is 72.6 Å². The Kier molecular flexibility index (Phi) is 7.72. The maximum Gasteiger partial charge on any atom is 0.257 e. The van der Waals surface area contributed by atoms with Crippen LogP contribution in [0.15, 0.2) is 35.9 Å². The SMILES string of the molecule is CC(=O)Nc1ccc(N2C(=O)CC(N(CCC3=CCCCC3)C(=O)CC(C)(C)C)C2=O)cc1. The summed E-state index contributed by atoms with van der Waals surface area (Å²) in [5, 5.41) is 2.67. The van der Waals surface area contributed by atoms with Crippen molar-refractivity contribution in [1.29, 1.82) is 0 Å². The number of anilines is 2. The van der Waals surface area contributed by atoms with Gasteiger partial charge in [0.15, 0.2) is 0 Å². The van der Waals surface area contributed by atoms with Crippen molar-refractivity contribution < 1.29 is 19.2 Å². The molecule has 0 aromatic heterocycles. The summed E-state index contributed by atoms with van der Waals surface area (Å²) in [7, 11) is 0. The van der Waals surface area contributed by atoms with Gasteiger partial charge < -0.3 is 10.2 Å². The number of nitrogens with one attached hydrogen (secondary N) is 1. The standard InChI is InChI=1S/C26H35N3O4/c1-18(30)27-20-10-12-21(13-11-20)29-23(31)16-22(25(29)33)28(24(32)17-26(2,3)4)15-14-19-8-6-5-7-9-19/h8,10-13,22H,5-7,9,14-17H2,1-4H3,(H,27,30). The third kappa shape index (κ3) is 6.53. The van der Waals surface area contributed by atoms with E-state index in [1.54, 1.807) is 29.2 Å². The van der Waals surface area contributed by atoms with Gasteiger partial charge in [0.05, 0.1) is 12.1 Å². The molecule has 1 aliphatic heterocycles. The first kappa shape index (κ1) is 24.7. The number of carbonyl (C=O) groups excluding carboxylic acids is 4. The molecule has 1 aliphatic carbocycles. The van der Waals surface area contributed by atoms with Gasteiger partial charge >= 0.3 is 0 Å². The van der Waals surface area contributed by atoms with Crippen LogP contribution in [0.25, 0.3) is 0 Å². The summed E-state index contributed by atoms with van der Waals surface area (Å²) >= 11 is 0. The Morgan fingerprint density at radius 2 is 1.82 bits per heavy atom. The first-order valence-electron chi connectivity index (χ1n) is 11.8. The molecule has 0 spiro atoms. The summed E-state index contributed by atoms with van der Waals surface area (Å²) in [5.41, 5.74) is 2.14. The summed E-state index contributed by atoms with van der Waals surface area (Å²) < 4.78 is 0. The fourth-order valence-corrected chi connectivity index (χ4v) is 4.43. The molecule has 178 valence electrons. The van der Waals surface area contributed by atoms with Crippen LogP contribution in [0.2, 0.25) is 0 Å². The largest absolute Gasteiger partial charge is 0.330 e. The van der Waals surface area contributed by atoms with Gasteiger partial charge in [0, 0.05) is 25.6 Å². The maximum atomic E-state index is 13.4. The third-order valence-electron chi connectivity index (χ3n) is 6.01. The van der Waals surface area contributed by atoms with Gasteiger partial charge in [-0.2, -0.15) is 0 Å². The highest BCUT2D eigenvalue weighted by Gasteiger charge is 2.44. The molecular formula is C26H35N3O4. The average Bonchev–Trinajstić information content (AvgIpc) is 3.02. The Bertz CT molecular complexity index is 943. The van der Waals surface area contributed by atoms with Crippen LogP contribution in [-0.4, -0.2) is 41.1 Å². The first-order valence-corrected chi connectivity index (χ1v) is 11.8. The number of carbonyl (C=O) groups is 4. The minimum Gasteiger partial charge on any atom is -0.330 e. The maximum absolute atomic E-state index is 13.4. The van der Waals surface area contributed by atoms with Gasteiger partial charge in [-0.05, 0) is 61.8 Å².